The van der Waals surface area contributed by atoms with E-state index < -0.39 is 0 Å². The first-order chi connectivity index (χ1) is 6.43. The van der Waals surface area contributed by atoms with E-state index in [4.69, 9.17) is 9.47 Å². The van der Waals surface area contributed by atoms with E-state index >= 15 is 0 Å². The smallest absolute Gasteiger partial charge is 0.146 e. The maximum absolute atomic E-state index is 5.76. The minimum absolute atomic E-state index is 0.162. The molecular formula is C11H10O2. The molecule has 3 rings (SSSR count). The molecular weight excluding hydrogens is 164 g/mol. The van der Waals surface area contributed by atoms with Crippen molar-refractivity contribution in [3.8, 4) is 5.75 Å². The standard InChI is InChI=1S/C11H10O2/c1-2-4-10-8(3-1)5-9-6-12-7-11(9)13-10/h1-5,11H,6-7H2. The van der Waals surface area contributed by atoms with Crippen LogP contribution in [0.3, 0.4) is 0 Å². The number of para-hydroxylation sites is 1. The molecule has 2 heteroatoms. The Bertz CT molecular complexity index is 368. The van der Waals surface area contributed by atoms with E-state index in [1.807, 2.05) is 18.2 Å². The highest BCUT2D eigenvalue weighted by atomic mass is 16.5. The topological polar surface area (TPSA) is 18.5 Å². The molecule has 1 aromatic rings. The summed E-state index contributed by atoms with van der Waals surface area (Å²) in [7, 11) is 0. The summed E-state index contributed by atoms with van der Waals surface area (Å²) >= 11 is 0. The number of fused-ring (bicyclic) bond motifs is 2. The van der Waals surface area contributed by atoms with Crippen LogP contribution in [-0.4, -0.2) is 19.3 Å². The van der Waals surface area contributed by atoms with Gasteiger partial charge in [0.05, 0.1) is 13.2 Å². The molecule has 2 heterocycles. The van der Waals surface area contributed by atoms with Gasteiger partial charge in [0.2, 0.25) is 0 Å². The van der Waals surface area contributed by atoms with E-state index in [9.17, 15) is 0 Å². The van der Waals surface area contributed by atoms with Crippen molar-refractivity contribution in [3.05, 3.63) is 35.4 Å². The van der Waals surface area contributed by atoms with E-state index in [0.29, 0.717) is 6.61 Å². The lowest BCUT2D eigenvalue weighted by Crippen LogP contribution is -2.21. The number of rotatable bonds is 0. The molecule has 0 amide bonds. The molecule has 0 aliphatic carbocycles. The maximum Gasteiger partial charge on any atom is 0.146 e. The second-order valence-corrected chi connectivity index (χ2v) is 3.38. The lowest BCUT2D eigenvalue weighted by atomic mass is 10.0. The fourth-order valence-electron chi connectivity index (χ4n) is 1.79. The van der Waals surface area contributed by atoms with Gasteiger partial charge in [0.15, 0.2) is 0 Å². The zero-order valence-corrected chi connectivity index (χ0v) is 7.19. The molecule has 1 unspecified atom stereocenters. The SMILES string of the molecule is C1=C2COCC2Oc2ccccc21. The van der Waals surface area contributed by atoms with Gasteiger partial charge in [-0.1, -0.05) is 18.2 Å². The predicted octanol–water partition coefficient (Wildman–Crippen LogP) is 1.86. The fraction of sp³-hybridized carbons (Fsp3) is 0.273. The van der Waals surface area contributed by atoms with Crippen LogP contribution in [0.5, 0.6) is 5.75 Å². The van der Waals surface area contributed by atoms with Gasteiger partial charge in [0.25, 0.3) is 0 Å². The van der Waals surface area contributed by atoms with Gasteiger partial charge in [-0.05, 0) is 17.7 Å². The highest BCUT2D eigenvalue weighted by Gasteiger charge is 2.27. The predicted molar refractivity (Wildman–Crippen MR) is 49.7 cm³/mol. The minimum atomic E-state index is 0.162. The lowest BCUT2D eigenvalue weighted by molar-refractivity contribution is 0.142. The second-order valence-electron chi connectivity index (χ2n) is 3.38. The van der Waals surface area contributed by atoms with Gasteiger partial charge in [0.1, 0.15) is 11.9 Å². The van der Waals surface area contributed by atoms with Crippen LogP contribution < -0.4 is 4.74 Å². The Morgan fingerprint density at radius 3 is 3.15 bits per heavy atom. The van der Waals surface area contributed by atoms with Crippen LogP contribution in [0.25, 0.3) is 6.08 Å². The van der Waals surface area contributed by atoms with E-state index in [0.717, 1.165) is 12.4 Å². The first-order valence-corrected chi connectivity index (χ1v) is 4.47. The van der Waals surface area contributed by atoms with Gasteiger partial charge < -0.3 is 9.47 Å². The van der Waals surface area contributed by atoms with Crippen molar-refractivity contribution < 1.29 is 9.47 Å². The zero-order valence-electron chi connectivity index (χ0n) is 7.19. The molecule has 0 spiro atoms. The largest absolute Gasteiger partial charge is 0.483 e. The minimum Gasteiger partial charge on any atom is -0.483 e. The third kappa shape index (κ3) is 1.06. The molecule has 1 atom stereocenters. The van der Waals surface area contributed by atoms with Crippen molar-refractivity contribution in [2.75, 3.05) is 13.2 Å². The average molecular weight is 174 g/mol. The summed E-state index contributed by atoms with van der Waals surface area (Å²) in [5.74, 6) is 0.974. The van der Waals surface area contributed by atoms with Crippen LogP contribution in [0.1, 0.15) is 5.56 Å². The van der Waals surface area contributed by atoms with Crippen molar-refractivity contribution >= 4 is 6.08 Å². The Morgan fingerprint density at radius 1 is 1.23 bits per heavy atom. The molecule has 0 saturated carbocycles. The van der Waals surface area contributed by atoms with Gasteiger partial charge in [-0.15, -0.1) is 0 Å². The van der Waals surface area contributed by atoms with Gasteiger partial charge in [0, 0.05) is 5.56 Å². The van der Waals surface area contributed by atoms with Gasteiger partial charge >= 0.3 is 0 Å². The van der Waals surface area contributed by atoms with Crippen molar-refractivity contribution in [3.63, 3.8) is 0 Å². The quantitative estimate of drug-likeness (QED) is 0.597. The average Bonchev–Trinajstić information content (AvgIpc) is 2.61. The third-order valence-electron chi connectivity index (χ3n) is 2.48. The van der Waals surface area contributed by atoms with E-state index in [-0.39, 0.29) is 6.10 Å². The molecule has 2 aliphatic heterocycles. The Balaban J connectivity index is 2.10. The van der Waals surface area contributed by atoms with Crippen molar-refractivity contribution in [2.24, 2.45) is 0 Å². The molecule has 0 radical (unpaired) electrons. The van der Waals surface area contributed by atoms with E-state index in [1.54, 1.807) is 0 Å². The fourth-order valence-corrected chi connectivity index (χ4v) is 1.79. The molecule has 1 saturated heterocycles. The summed E-state index contributed by atoms with van der Waals surface area (Å²) < 4.78 is 11.1. The monoisotopic (exact) mass is 174 g/mol. The molecule has 2 aliphatic rings. The van der Waals surface area contributed by atoms with Gasteiger partial charge in [-0.25, -0.2) is 0 Å². The van der Waals surface area contributed by atoms with Crippen LogP contribution >= 0.6 is 0 Å². The summed E-state index contributed by atoms with van der Waals surface area (Å²) in [6, 6.07) is 8.08. The zero-order chi connectivity index (χ0) is 8.67. The molecule has 0 aromatic heterocycles. The van der Waals surface area contributed by atoms with E-state index in [2.05, 4.69) is 12.1 Å². The van der Waals surface area contributed by atoms with E-state index in [1.165, 1.54) is 11.1 Å². The van der Waals surface area contributed by atoms with Crippen LogP contribution in [0.15, 0.2) is 29.8 Å². The molecule has 1 aromatic carbocycles. The molecule has 2 nitrogen and oxygen atoms in total. The van der Waals surface area contributed by atoms with Crippen LogP contribution in [0.4, 0.5) is 0 Å². The Kier molecular flexibility index (Phi) is 1.43. The van der Waals surface area contributed by atoms with Crippen molar-refractivity contribution in [1.82, 2.24) is 0 Å². The summed E-state index contributed by atoms with van der Waals surface area (Å²) in [6.07, 6.45) is 2.34. The molecule has 0 bridgehead atoms. The Labute approximate surface area is 76.8 Å². The first kappa shape index (κ1) is 7.15. The first-order valence-electron chi connectivity index (χ1n) is 4.47. The molecule has 1 fully saturated rings. The van der Waals surface area contributed by atoms with Gasteiger partial charge in [-0.3, -0.25) is 0 Å². The Hall–Kier alpha value is -1.28. The van der Waals surface area contributed by atoms with Crippen molar-refractivity contribution in [2.45, 2.75) is 6.10 Å². The van der Waals surface area contributed by atoms with Crippen LogP contribution in [-0.2, 0) is 4.74 Å². The number of ether oxygens (including phenoxy) is 2. The third-order valence-corrected chi connectivity index (χ3v) is 2.48. The summed E-state index contributed by atoms with van der Waals surface area (Å²) in [4.78, 5) is 0. The highest BCUT2D eigenvalue weighted by molar-refractivity contribution is 5.63. The van der Waals surface area contributed by atoms with Crippen molar-refractivity contribution in [1.29, 1.82) is 0 Å². The lowest BCUT2D eigenvalue weighted by Gasteiger charge is -2.20. The number of hydrogen-bond acceptors (Lipinski definition) is 2. The summed E-state index contributed by atoms with van der Waals surface area (Å²) in [5, 5.41) is 0. The molecule has 66 valence electrons. The van der Waals surface area contributed by atoms with Gasteiger partial charge in [-0.2, -0.15) is 0 Å². The normalized spacial score (nSPS) is 24.3. The number of hydrogen-bond donors (Lipinski definition) is 0. The van der Waals surface area contributed by atoms with Crippen LogP contribution in [0, 0.1) is 0 Å². The molecule has 0 N–H and O–H groups in total. The highest BCUT2D eigenvalue weighted by Crippen LogP contribution is 2.31. The summed E-state index contributed by atoms with van der Waals surface area (Å²) in [6.45, 7) is 1.42. The molecule has 13 heavy (non-hydrogen) atoms. The number of benzene rings is 1. The second kappa shape index (κ2) is 2.60. The van der Waals surface area contributed by atoms with Crippen LogP contribution in [0.2, 0.25) is 0 Å². The maximum atomic E-state index is 5.76. The summed E-state index contributed by atoms with van der Waals surface area (Å²) in [5.41, 5.74) is 2.43. The Morgan fingerprint density at radius 2 is 2.15 bits per heavy atom.